The van der Waals surface area contributed by atoms with E-state index in [1.807, 2.05) is 0 Å². The fourth-order valence-electron chi connectivity index (χ4n) is 2.48. The summed E-state index contributed by atoms with van der Waals surface area (Å²) in [6.45, 7) is 2.54. The molecule has 0 saturated heterocycles. The Morgan fingerprint density at radius 3 is 2.00 bits per heavy atom. The zero-order valence-electron chi connectivity index (χ0n) is 14.6. The molecule has 132 valence electrons. The largest absolute Gasteiger partial charge is 0.396 e. The van der Waals surface area contributed by atoms with Gasteiger partial charge >= 0.3 is 0 Å². The highest BCUT2D eigenvalue weighted by Gasteiger charge is 2.02. The molecule has 0 aromatic rings. The monoisotopic (exact) mass is 346 g/mol. The summed E-state index contributed by atoms with van der Waals surface area (Å²) in [5.74, 6) is 0.817. The van der Waals surface area contributed by atoms with Gasteiger partial charge in [-0.25, -0.2) is 0 Å². The lowest BCUT2D eigenvalue weighted by atomic mass is 10.1. The molecular weight excluding hydrogens is 308 g/mol. The molecule has 0 aliphatic rings. The quantitative estimate of drug-likeness (QED) is 0.134. The molecule has 0 aliphatic heterocycles. The van der Waals surface area contributed by atoms with E-state index >= 15 is 0 Å². The van der Waals surface area contributed by atoms with Crippen LogP contribution in [0.5, 0.6) is 0 Å². The molecule has 1 unspecified atom stereocenters. The average molecular weight is 347 g/mol. The molecule has 0 aromatic heterocycles. The van der Waals surface area contributed by atoms with E-state index in [-0.39, 0.29) is 6.61 Å². The minimum absolute atomic E-state index is 0.271. The summed E-state index contributed by atoms with van der Waals surface area (Å²) < 4.78 is 0.407. The highest BCUT2D eigenvalue weighted by Crippen LogP contribution is 2.21. The van der Waals surface area contributed by atoms with Crippen LogP contribution in [0.25, 0.3) is 0 Å². The van der Waals surface area contributed by atoms with E-state index in [0.717, 1.165) is 5.75 Å². The van der Waals surface area contributed by atoms with Gasteiger partial charge in [-0.15, -0.1) is 11.8 Å². The molecular formula is C19H38OS2. The number of hydrogen-bond acceptors (Lipinski definition) is 3. The minimum Gasteiger partial charge on any atom is -0.396 e. The van der Waals surface area contributed by atoms with Gasteiger partial charge in [0, 0.05) is 10.3 Å². The normalized spacial score (nSPS) is 13.0. The number of aliphatic hydroxyl groups is 1. The number of thiol groups is 1. The maximum atomic E-state index is 8.75. The third-order valence-corrected chi connectivity index (χ3v) is 5.61. The molecule has 0 heterocycles. The molecule has 0 rings (SSSR count). The van der Waals surface area contributed by atoms with Gasteiger partial charge in [0.15, 0.2) is 0 Å². The van der Waals surface area contributed by atoms with Gasteiger partial charge in [0.25, 0.3) is 0 Å². The molecule has 0 radical (unpaired) electrons. The van der Waals surface area contributed by atoms with Crippen molar-refractivity contribution < 1.29 is 5.11 Å². The van der Waals surface area contributed by atoms with Crippen molar-refractivity contribution in [3.05, 3.63) is 12.2 Å². The van der Waals surface area contributed by atoms with Crippen LogP contribution in [-0.4, -0.2) is 22.0 Å². The second-order valence-electron chi connectivity index (χ2n) is 6.07. The number of allylic oxidation sites excluding steroid dienone is 2. The van der Waals surface area contributed by atoms with Gasteiger partial charge in [0.05, 0.1) is 6.61 Å². The fourth-order valence-corrected chi connectivity index (χ4v) is 3.69. The van der Waals surface area contributed by atoms with Crippen molar-refractivity contribution in [2.24, 2.45) is 0 Å². The average Bonchev–Trinajstić information content (AvgIpc) is 2.53. The number of hydrogen-bond donors (Lipinski definition) is 2. The highest BCUT2D eigenvalue weighted by atomic mass is 32.2. The third-order valence-electron chi connectivity index (χ3n) is 3.86. The van der Waals surface area contributed by atoms with Crippen LogP contribution in [0.3, 0.4) is 0 Å². The smallest absolute Gasteiger partial charge is 0.0522 e. The van der Waals surface area contributed by atoms with Crippen LogP contribution < -0.4 is 0 Å². The van der Waals surface area contributed by atoms with E-state index in [4.69, 9.17) is 5.11 Å². The highest BCUT2D eigenvalue weighted by molar-refractivity contribution is 8.10. The summed E-state index contributed by atoms with van der Waals surface area (Å²) >= 11 is 6.29. The van der Waals surface area contributed by atoms with Gasteiger partial charge in [-0.1, -0.05) is 70.4 Å². The maximum Gasteiger partial charge on any atom is 0.0522 e. The van der Waals surface area contributed by atoms with Gasteiger partial charge in [-0.05, 0) is 32.1 Å². The molecule has 0 amide bonds. The molecule has 1 nitrogen and oxygen atoms in total. The van der Waals surface area contributed by atoms with Gasteiger partial charge in [-0.3, -0.25) is 0 Å². The van der Waals surface area contributed by atoms with Gasteiger partial charge in [0.2, 0.25) is 0 Å². The lowest BCUT2D eigenvalue weighted by Gasteiger charge is -2.08. The Morgan fingerprint density at radius 2 is 1.41 bits per heavy atom. The second kappa shape index (κ2) is 19.4. The zero-order chi connectivity index (χ0) is 16.3. The van der Waals surface area contributed by atoms with Crippen LogP contribution >= 0.6 is 24.4 Å². The summed E-state index contributed by atoms with van der Waals surface area (Å²) in [6.07, 6.45) is 22.1. The summed E-state index contributed by atoms with van der Waals surface area (Å²) in [5, 5.41) is 8.75. The van der Waals surface area contributed by atoms with Gasteiger partial charge in [-0.2, -0.15) is 12.6 Å². The summed E-state index contributed by atoms with van der Waals surface area (Å²) in [5.41, 5.74) is 0. The Labute approximate surface area is 149 Å². The minimum atomic E-state index is 0.271. The first-order valence-corrected chi connectivity index (χ1v) is 10.9. The molecule has 22 heavy (non-hydrogen) atoms. The molecule has 0 saturated carbocycles. The van der Waals surface area contributed by atoms with Crippen LogP contribution in [0.15, 0.2) is 12.2 Å². The number of aliphatic hydroxyl groups excluding tert-OH is 1. The predicted octanol–water partition coefficient (Wildman–Crippen LogP) is 6.62. The van der Waals surface area contributed by atoms with Crippen molar-refractivity contribution in [3.8, 4) is 0 Å². The van der Waals surface area contributed by atoms with E-state index < -0.39 is 0 Å². The molecule has 0 bridgehead atoms. The topological polar surface area (TPSA) is 20.2 Å². The summed E-state index contributed by atoms with van der Waals surface area (Å²) in [7, 11) is 0. The van der Waals surface area contributed by atoms with Crippen LogP contribution in [0, 0.1) is 0 Å². The number of rotatable bonds is 17. The van der Waals surface area contributed by atoms with E-state index in [1.54, 1.807) is 11.8 Å². The summed E-state index contributed by atoms with van der Waals surface area (Å²) in [4.78, 5) is 0. The Kier molecular flexibility index (Phi) is 19.8. The molecule has 0 aromatic carbocycles. The molecule has 3 heteroatoms. The van der Waals surface area contributed by atoms with E-state index in [9.17, 15) is 0 Å². The Bertz CT molecular complexity index is 231. The van der Waals surface area contributed by atoms with Crippen molar-refractivity contribution in [2.45, 2.75) is 95.0 Å². The first-order valence-electron chi connectivity index (χ1n) is 9.36. The Hall–Kier alpha value is 0.400. The molecule has 1 atom stereocenters. The van der Waals surface area contributed by atoms with Crippen LogP contribution in [0.2, 0.25) is 0 Å². The van der Waals surface area contributed by atoms with Gasteiger partial charge in [0.1, 0.15) is 0 Å². The van der Waals surface area contributed by atoms with E-state index in [2.05, 4.69) is 31.7 Å². The van der Waals surface area contributed by atoms with Crippen LogP contribution in [-0.2, 0) is 0 Å². The molecule has 1 N–H and O–H groups in total. The van der Waals surface area contributed by atoms with E-state index in [0.29, 0.717) is 4.58 Å². The second-order valence-corrected chi connectivity index (χ2v) is 8.35. The van der Waals surface area contributed by atoms with E-state index in [1.165, 1.54) is 83.5 Å². The van der Waals surface area contributed by atoms with Crippen molar-refractivity contribution >= 4 is 24.4 Å². The zero-order valence-corrected chi connectivity index (χ0v) is 16.4. The molecule has 0 spiro atoms. The van der Waals surface area contributed by atoms with Crippen molar-refractivity contribution in [3.63, 3.8) is 0 Å². The predicted molar refractivity (Wildman–Crippen MR) is 107 cm³/mol. The fraction of sp³-hybridized carbons (Fsp3) is 0.895. The van der Waals surface area contributed by atoms with Gasteiger partial charge < -0.3 is 5.11 Å². The first-order chi connectivity index (χ1) is 10.8. The molecule has 0 aliphatic carbocycles. The lowest BCUT2D eigenvalue weighted by Crippen LogP contribution is -1.97. The van der Waals surface area contributed by atoms with Crippen molar-refractivity contribution in [1.82, 2.24) is 0 Å². The SMILES string of the molecule is CCCCCCCC/C=C\CCCCCCC(S)SCCO. The van der Waals surface area contributed by atoms with Crippen molar-refractivity contribution in [1.29, 1.82) is 0 Å². The Balaban J connectivity index is 3.14. The molecule has 0 fully saturated rings. The lowest BCUT2D eigenvalue weighted by molar-refractivity contribution is 0.322. The summed E-state index contributed by atoms with van der Waals surface area (Å²) in [6, 6.07) is 0. The Morgan fingerprint density at radius 1 is 0.864 bits per heavy atom. The third kappa shape index (κ3) is 18.4. The number of thioether (sulfide) groups is 1. The van der Waals surface area contributed by atoms with Crippen LogP contribution in [0.4, 0.5) is 0 Å². The number of unbranched alkanes of at least 4 members (excludes halogenated alkanes) is 10. The standard InChI is InChI=1S/C19H38OS2/c1-2-3-4-5-6-7-8-9-10-11-12-13-14-15-16-19(21)22-18-17-20/h9-10,19-21H,2-8,11-18H2,1H3/b10-9-. The first kappa shape index (κ1) is 22.4. The maximum absolute atomic E-state index is 8.75. The van der Waals surface area contributed by atoms with Crippen molar-refractivity contribution in [2.75, 3.05) is 12.4 Å². The van der Waals surface area contributed by atoms with Crippen LogP contribution in [0.1, 0.15) is 90.4 Å².